The second kappa shape index (κ2) is 6.93. The van der Waals surface area contributed by atoms with Crippen molar-refractivity contribution in [2.24, 2.45) is 0 Å². The molecular weight excluding hydrogens is 336 g/mol. The molecule has 0 aliphatic heterocycles. The van der Waals surface area contributed by atoms with Crippen LogP contribution in [-0.4, -0.2) is 18.6 Å². The molecule has 2 aromatic rings. The zero-order chi connectivity index (χ0) is 18.7. The van der Waals surface area contributed by atoms with Gasteiger partial charge in [0.1, 0.15) is 0 Å². The molecule has 2 rings (SSSR count). The van der Waals surface area contributed by atoms with Crippen molar-refractivity contribution in [3.05, 3.63) is 59.7 Å². The van der Waals surface area contributed by atoms with E-state index in [9.17, 15) is 22.4 Å². The minimum Gasteiger partial charge on any atom is -0.352 e. The summed E-state index contributed by atoms with van der Waals surface area (Å²) in [6.07, 6.45) is -5.18. The summed E-state index contributed by atoms with van der Waals surface area (Å²) in [6, 6.07) is 13.2. The summed E-state index contributed by atoms with van der Waals surface area (Å²) in [5.74, 6) is -0.750. The lowest BCUT2D eigenvalue weighted by Crippen LogP contribution is -2.47. The normalized spacial score (nSPS) is 13.6. The molecule has 0 saturated heterocycles. The van der Waals surface area contributed by atoms with Crippen molar-refractivity contribution in [3.8, 4) is 17.2 Å². The van der Waals surface area contributed by atoms with Crippen LogP contribution in [0.15, 0.2) is 48.5 Å². The second-order valence-corrected chi connectivity index (χ2v) is 5.48. The van der Waals surface area contributed by atoms with E-state index in [0.717, 1.165) is 19.1 Å². The van der Waals surface area contributed by atoms with Gasteiger partial charge in [0, 0.05) is 12.5 Å². The highest BCUT2D eigenvalue weighted by Gasteiger charge is 2.57. The van der Waals surface area contributed by atoms with Gasteiger partial charge in [-0.25, -0.2) is 4.39 Å². The Balaban J connectivity index is 2.34. The number of carbonyl (C=O) groups is 1. The molecule has 1 amide bonds. The number of halogens is 4. The van der Waals surface area contributed by atoms with Crippen molar-refractivity contribution >= 4 is 5.91 Å². The average molecular weight is 350 g/mol. The lowest BCUT2D eigenvalue weighted by Gasteiger charge is -2.28. The van der Waals surface area contributed by atoms with Crippen LogP contribution in [0.4, 0.5) is 17.6 Å². The largest absolute Gasteiger partial charge is 0.428 e. The van der Waals surface area contributed by atoms with Crippen LogP contribution in [0.2, 0.25) is 0 Å². The van der Waals surface area contributed by atoms with Crippen molar-refractivity contribution in [2.45, 2.75) is 18.8 Å². The van der Waals surface area contributed by atoms with Crippen LogP contribution in [0.1, 0.15) is 18.1 Å². The quantitative estimate of drug-likeness (QED) is 0.845. The van der Waals surface area contributed by atoms with Crippen LogP contribution in [0.5, 0.6) is 0 Å². The van der Waals surface area contributed by atoms with Gasteiger partial charge in [0.15, 0.2) is 0 Å². The molecule has 0 aliphatic carbocycles. The van der Waals surface area contributed by atoms with Gasteiger partial charge in [0.05, 0.1) is 18.2 Å². The van der Waals surface area contributed by atoms with Gasteiger partial charge in [-0.3, -0.25) is 4.79 Å². The Morgan fingerprint density at radius 1 is 1.00 bits per heavy atom. The number of amides is 1. The number of nitriles is 1. The fourth-order valence-electron chi connectivity index (χ4n) is 2.28. The zero-order valence-corrected chi connectivity index (χ0v) is 13.2. The van der Waals surface area contributed by atoms with Gasteiger partial charge in [0.2, 0.25) is 11.6 Å². The molecule has 0 aliphatic rings. The molecule has 7 heteroatoms. The number of nitrogens with zero attached hydrogens (tertiary/aromatic N) is 1. The molecule has 130 valence electrons. The Kier molecular flexibility index (Phi) is 5.12. The van der Waals surface area contributed by atoms with Gasteiger partial charge >= 0.3 is 6.18 Å². The summed E-state index contributed by atoms with van der Waals surface area (Å²) >= 11 is 0. The lowest BCUT2D eigenvalue weighted by atomic mass is 9.92. The number of hydrogen-bond acceptors (Lipinski definition) is 2. The molecule has 0 unspecified atom stereocenters. The summed E-state index contributed by atoms with van der Waals surface area (Å²) in [5, 5.41) is 10.6. The smallest absolute Gasteiger partial charge is 0.352 e. The number of alkyl halides is 4. The van der Waals surface area contributed by atoms with Crippen molar-refractivity contribution in [1.82, 2.24) is 5.32 Å². The van der Waals surface area contributed by atoms with E-state index in [4.69, 9.17) is 5.26 Å². The predicted molar refractivity (Wildman–Crippen MR) is 84.1 cm³/mol. The first-order chi connectivity index (χ1) is 11.7. The van der Waals surface area contributed by atoms with Crippen LogP contribution in [0.25, 0.3) is 11.1 Å². The lowest BCUT2D eigenvalue weighted by molar-refractivity contribution is -0.233. The molecule has 0 fully saturated rings. The molecule has 0 spiro atoms. The Morgan fingerprint density at radius 2 is 1.48 bits per heavy atom. The van der Waals surface area contributed by atoms with Gasteiger partial charge in [-0.2, -0.15) is 18.4 Å². The maximum atomic E-state index is 14.6. The maximum absolute atomic E-state index is 14.6. The van der Waals surface area contributed by atoms with Gasteiger partial charge in [-0.1, -0.05) is 36.4 Å². The molecule has 0 radical (unpaired) electrons. The van der Waals surface area contributed by atoms with Crippen molar-refractivity contribution < 1.29 is 22.4 Å². The van der Waals surface area contributed by atoms with E-state index in [-0.39, 0.29) is 0 Å². The molecule has 1 N–H and O–H groups in total. The van der Waals surface area contributed by atoms with E-state index in [0.29, 0.717) is 16.7 Å². The van der Waals surface area contributed by atoms with E-state index in [1.165, 1.54) is 12.1 Å². The average Bonchev–Trinajstić information content (AvgIpc) is 2.59. The van der Waals surface area contributed by atoms with E-state index < -0.39 is 29.9 Å². The van der Waals surface area contributed by atoms with Crippen molar-refractivity contribution in [3.63, 3.8) is 0 Å². The third-order valence-corrected chi connectivity index (χ3v) is 3.72. The molecule has 25 heavy (non-hydrogen) atoms. The van der Waals surface area contributed by atoms with Crippen molar-refractivity contribution in [1.29, 1.82) is 5.26 Å². The van der Waals surface area contributed by atoms with Crippen LogP contribution >= 0.6 is 0 Å². The Labute approximate surface area is 141 Å². The van der Waals surface area contributed by atoms with E-state index in [1.54, 1.807) is 24.3 Å². The van der Waals surface area contributed by atoms with E-state index >= 15 is 0 Å². The number of nitrogens with one attached hydrogen (secondary N) is 1. The summed E-state index contributed by atoms with van der Waals surface area (Å²) in [4.78, 5) is 10.9. The van der Waals surface area contributed by atoms with Crippen LogP contribution in [0, 0.1) is 11.3 Å². The monoisotopic (exact) mass is 350 g/mol. The molecule has 3 nitrogen and oxygen atoms in total. The minimum absolute atomic E-state index is 0.454. The highest BCUT2D eigenvalue weighted by atomic mass is 19.4. The summed E-state index contributed by atoms with van der Waals surface area (Å²) in [7, 11) is 0. The molecule has 2 aromatic carbocycles. The number of benzene rings is 2. The highest BCUT2D eigenvalue weighted by Crippen LogP contribution is 2.42. The molecule has 0 saturated carbocycles. The summed E-state index contributed by atoms with van der Waals surface area (Å²) in [6.45, 7) is -0.174. The van der Waals surface area contributed by atoms with E-state index in [2.05, 4.69) is 0 Å². The first-order valence-electron chi connectivity index (χ1n) is 7.28. The first kappa shape index (κ1) is 18.5. The topological polar surface area (TPSA) is 52.9 Å². The molecule has 1 atom stereocenters. The SMILES string of the molecule is CC(=O)NC[C@@](F)(c1ccc(-c2ccc(C#N)cc2)cc1)C(F)(F)F. The summed E-state index contributed by atoms with van der Waals surface area (Å²) < 4.78 is 54.2. The molecule has 0 heterocycles. The van der Waals surface area contributed by atoms with Gasteiger partial charge < -0.3 is 5.32 Å². The van der Waals surface area contributed by atoms with Crippen LogP contribution in [-0.2, 0) is 10.5 Å². The van der Waals surface area contributed by atoms with Gasteiger partial charge in [0.25, 0.3) is 0 Å². The van der Waals surface area contributed by atoms with Crippen LogP contribution < -0.4 is 5.32 Å². The van der Waals surface area contributed by atoms with Crippen molar-refractivity contribution in [2.75, 3.05) is 6.54 Å². The van der Waals surface area contributed by atoms with E-state index in [1.807, 2.05) is 11.4 Å². The fourth-order valence-corrected chi connectivity index (χ4v) is 2.28. The standard InChI is InChI=1S/C18H14F4N2O/c1-12(25)24-11-17(19,18(20,21)22)16-8-6-15(7-9-16)14-4-2-13(10-23)3-5-14/h2-9H,11H2,1H3,(H,24,25)/t17-/m1/s1. The number of carbonyl (C=O) groups excluding carboxylic acids is 1. The Hall–Kier alpha value is -2.88. The Morgan fingerprint density at radius 3 is 1.88 bits per heavy atom. The third kappa shape index (κ3) is 3.97. The maximum Gasteiger partial charge on any atom is 0.428 e. The Bertz CT molecular complexity index is 792. The molecule has 0 bridgehead atoms. The van der Waals surface area contributed by atoms with Crippen LogP contribution in [0.3, 0.4) is 0 Å². The number of hydrogen-bond donors (Lipinski definition) is 1. The highest BCUT2D eigenvalue weighted by molar-refractivity contribution is 5.73. The van der Waals surface area contributed by atoms with Gasteiger partial charge in [-0.15, -0.1) is 0 Å². The second-order valence-electron chi connectivity index (χ2n) is 5.48. The zero-order valence-electron chi connectivity index (χ0n) is 13.2. The summed E-state index contributed by atoms with van der Waals surface area (Å²) in [5.41, 5.74) is -2.55. The molecule has 0 aromatic heterocycles. The number of rotatable bonds is 4. The van der Waals surface area contributed by atoms with Gasteiger partial charge in [-0.05, 0) is 23.3 Å². The first-order valence-corrected chi connectivity index (χ1v) is 7.28. The fraction of sp³-hybridized carbons (Fsp3) is 0.222. The molecular formula is C18H14F4N2O. The predicted octanol–water partition coefficient (Wildman–Crippen LogP) is 4.09. The third-order valence-electron chi connectivity index (χ3n) is 3.72. The minimum atomic E-state index is -5.18.